The molecule has 3 rings (SSSR count). The number of carbonyl (C=O) groups is 1. The summed E-state index contributed by atoms with van der Waals surface area (Å²) in [6.07, 6.45) is -4.75. The van der Waals surface area contributed by atoms with Gasteiger partial charge < -0.3 is 9.84 Å². The van der Waals surface area contributed by atoms with Gasteiger partial charge >= 0.3 is 12.1 Å². The Morgan fingerprint density at radius 2 is 1.69 bits per heavy atom. The van der Waals surface area contributed by atoms with Gasteiger partial charge in [-0.15, -0.1) is 0 Å². The van der Waals surface area contributed by atoms with E-state index in [1.807, 2.05) is 0 Å². The number of hydrogen-bond acceptors (Lipinski definition) is 3. The predicted molar refractivity (Wildman–Crippen MR) is 115 cm³/mol. The molecule has 2 atom stereocenters. The van der Waals surface area contributed by atoms with Gasteiger partial charge in [-0.1, -0.05) is 55.8 Å². The first-order valence-corrected chi connectivity index (χ1v) is 10.2. The Hall–Kier alpha value is -3.06. The number of nitrogens with zero attached hydrogens (tertiary/aromatic N) is 1. The van der Waals surface area contributed by atoms with E-state index in [2.05, 4.69) is 4.98 Å². The molecule has 0 radical (unpaired) electrons. The predicted octanol–water partition coefficient (Wildman–Crippen LogP) is 7.05. The molecule has 3 aromatic rings. The average Bonchev–Trinajstić information content (AvgIpc) is 2.69. The molecular formula is C24H21ClF3NO3. The number of aliphatic carboxylic acids is 1. The number of para-hydroxylation sites is 1. The van der Waals surface area contributed by atoms with E-state index in [1.54, 1.807) is 44.2 Å². The van der Waals surface area contributed by atoms with E-state index in [9.17, 15) is 23.1 Å². The van der Waals surface area contributed by atoms with E-state index in [0.29, 0.717) is 5.75 Å². The number of alkyl halides is 3. The van der Waals surface area contributed by atoms with Crippen LogP contribution in [0.1, 0.15) is 42.5 Å². The van der Waals surface area contributed by atoms with Crippen molar-refractivity contribution >= 4 is 17.6 Å². The van der Waals surface area contributed by atoms with Crippen molar-refractivity contribution in [3.05, 3.63) is 88.6 Å². The molecule has 8 heteroatoms. The summed E-state index contributed by atoms with van der Waals surface area (Å²) in [5.41, 5.74) is -0.506. The maximum atomic E-state index is 14.4. The van der Waals surface area contributed by atoms with Crippen molar-refractivity contribution in [3.63, 3.8) is 0 Å². The van der Waals surface area contributed by atoms with E-state index in [4.69, 9.17) is 16.3 Å². The van der Waals surface area contributed by atoms with E-state index < -0.39 is 29.9 Å². The standard InChI is InChI=1S/C24H21ClF3NO3/c1-14(2)21(23(30)31)17-12-11-15(25)13-18(17)22(24(26,27)28)19-9-6-10-20(29-19)32-16-7-4-3-5-8-16/h3-14,21-22H,1-2H3,(H,30,31). The van der Waals surface area contributed by atoms with Gasteiger partial charge in [0.1, 0.15) is 11.7 Å². The normalized spacial score (nSPS) is 13.6. The van der Waals surface area contributed by atoms with Gasteiger partial charge in [0.25, 0.3) is 0 Å². The molecule has 0 aliphatic carbocycles. The smallest absolute Gasteiger partial charge is 0.401 e. The van der Waals surface area contributed by atoms with Gasteiger partial charge in [0.15, 0.2) is 0 Å². The lowest BCUT2D eigenvalue weighted by Crippen LogP contribution is -2.27. The van der Waals surface area contributed by atoms with E-state index in [-0.39, 0.29) is 27.7 Å². The number of halogens is 4. The minimum absolute atomic E-state index is 0.00910. The zero-order valence-corrected chi connectivity index (χ0v) is 18.1. The maximum Gasteiger partial charge on any atom is 0.401 e. The molecule has 0 aliphatic heterocycles. The highest BCUT2D eigenvalue weighted by atomic mass is 35.5. The highest BCUT2D eigenvalue weighted by Crippen LogP contribution is 2.44. The fraction of sp³-hybridized carbons (Fsp3) is 0.250. The molecule has 4 nitrogen and oxygen atoms in total. The first-order valence-electron chi connectivity index (χ1n) is 9.86. The number of ether oxygens (including phenoxy) is 1. The Morgan fingerprint density at radius 3 is 2.28 bits per heavy atom. The van der Waals surface area contributed by atoms with Crippen molar-refractivity contribution in [2.75, 3.05) is 0 Å². The van der Waals surface area contributed by atoms with Gasteiger partial charge in [0.2, 0.25) is 5.88 Å². The molecule has 0 bridgehead atoms. The van der Waals surface area contributed by atoms with Crippen molar-refractivity contribution in [2.45, 2.75) is 31.9 Å². The Kier molecular flexibility index (Phi) is 7.09. The third-order valence-corrected chi connectivity index (χ3v) is 5.20. The molecule has 0 saturated heterocycles. The van der Waals surface area contributed by atoms with Crippen LogP contribution in [0.15, 0.2) is 66.7 Å². The monoisotopic (exact) mass is 463 g/mol. The Bertz CT molecular complexity index is 1090. The van der Waals surface area contributed by atoms with Crippen LogP contribution in [0, 0.1) is 5.92 Å². The fourth-order valence-electron chi connectivity index (χ4n) is 3.62. The van der Waals surface area contributed by atoms with E-state index in [1.165, 1.54) is 36.4 Å². The van der Waals surface area contributed by atoms with Crippen molar-refractivity contribution in [3.8, 4) is 11.6 Å². The summed E-state index contributed by atoms with van der Waals surface area (Å²) in [5, 5.41) is 9.78. The first kappa shape index (κ1) is 23.6. The van der Waals surface area contributed by atoms with Crippen LogP contribution in [-0.4, -0.2) is 22.2 Å². The first-order chi connectivity index (χ1) is 15.1. The van der Waals surface area contributed by atoms with Crippen LogP contribution in [0.25, 0.3) is 0 Å². The minimum atomic E-state index is -4.75. The highest BCUT2D eigenvalue weighted by molar-refractivity contribution is 6.30. The summed E-state index contributed by atoms with van der Waals surface area (Å²) >= 11 is 6.04. The number of pyridine rings is 1. The molecular weight excluding hydrogens is 443 g/mol. The average molecular weight is 464 g/mol. The fourth-order valence-corrected chi connectivity index (χ4v) is 3.80. The molecule has 168 valence electrons. The molecule has 2 unspecified atom stereocenters. The Morgan fingerprint density at radius 1 is 1.00 bits per heavy atom. The lowest BCUT2D eigenvalue weighted by atomic mass is 9.80. The van der Waals surface area contributed by atoms with E-state index >= 15 is 0 Å². The molecule has 1 aromatic heterocycles. The van der Waals surface area contributed by atoms with Gasteiger partial charge in [0.05, 0.1) is 11.6 Å². The maximum absolute atomic E-state index is 14.4. The molecule has 1 heterocycles. The number of hydrogen-bond donors (Lipinski definition) is 1. The van der Waals surface area contributed by atoms with Crippen LogP contribution < -0.4 is 4.74 Å². The second-order valence-corrected chi connectivity index (χ2v) is 8.06. The molecule has 0 aliphatic rings. The molecule has 2 aromatic carbocycles. The third kappa shape index (κ3) is 5.40. The summed E-state index contributed by atoms with van der Waals surface area (Å²) < 4.78 is 48.7. The van der Waals surface area contributed by atoms with Crippen LogP contribution >= 0.6 is 11.6 Å². The van der Waals surface area contributed by atoms with Crippen molar-refractivity contribution in [2.24, 2.45) is 5.92 Å². The van der Waals surface area contributed by atoms with Gasteiger partial charge in [-0.25, -0.2) is 4.98 Å². The highest BCUT2D eigenvalue weighted by Gasteiger charge is 2.45. The molecule has 1 N–H and O–H groups in total. The van der Waals surface area contributed by atoms with Crippen LogP contribution in [0.3, 0.4) is 0 Å². The number of rotatable bonds is 7. The summed E-state index contributed by atoms with van der Waals surface area (Å²) in [6.45, 7) is 3.29. The SMILES string of the molecule is CC(C)C(C(=O)O)c1ccc(Cl)cc1C(c1cccc(Oc2ccccc2)n1)C(F)(F)F. The Balaban J connectivity index is 2.14. The summed E-state index contributed by atoms with van der Waals surface area (Å²) in [4.78, 5) is 16.0. The van der Waals surface area contributed by atoms with Gasteiger partial charge in [-0.2, -0.15) is 13.2 Å². The molecule has 0 amide bonds. The topological polar surface area (TPSA) is 59.4 Å². The second-order valence-electron chi connectivity index (χ2n) is 7.62. The number of carboxylic acid groups (broad SMARTS) is 1. The summed E-state index contributed by atoms with van der Waals surface area (Å²) in [7, 11) is 0. The van der Waals surface area contributed by atoms with Gasteiger partial charge in [0, 0.05) is 11.1 Å². The lowest BCUT2D eigenvalue weighted by molar-refractivity contribution is -0.144. The molecule has 32 heavy (non-hydrogen) atoms. The molecule has 0 saturated carbocycles. The zero-order valence-electron chi connectivity index (χ0n) is 17.3. The largest absolute Gasteiger partial charge is 0.481 e. The van der Waals surface area contributed by atoms with Gasteiger partial charge in [-0.05, 0) is 47.4 Å². The number of aromatic nitrogens is 1. The summed E-state index contributed by atoms with van der Waals surface area (Å²) in [5.74, 6) is -4.56. The van der Waals surface area contributed by atoms with Crippen molar-refractivity contribution in [1.82, 2.24) is 4.98 Å². The molecule has 0 fully saturated rings. The van der Waals surface area contributed by atoms with Crippen LogP contribution in [0.5, 0.6) is 11.6 Å². The molecule has 0 spiro atoms. The zero-order chi connectivity index (χ0) is 23.5. The summed E-state index contributed by atoms with van der Waals surface area (Å²) in [6, 6.07) is 16.6. The number of carboxylic acids is 1. The minimum Gasteiger partial charge on any atom is -0.481 e. The van der Waals surface area contributed by atoms with Crippen molar-refractivity contribution < 1.29 is 27.8 Å². The second kappa shape index (κ2) is 9.61. The van der Waals surface area contributed by atoms with Crippen molar-refractivity contribution in [1.29, 1.82) is 0 Å². The third-order valence-electron chi connectivity index (χ3n) is 4.96. The van der Waals surface area contributed by atoms with Crippen LogP contribution in [0.4, 0.5) is 13.2 Å². The van der Waals surface area contributed by atoms with Crippen LogP contribution in [0.2, 0.25) is 5.02 Å². The van der Waals surface area contributed by atoms with Crippen LogP contribution in [-0.2, 0) is 4.79 Å². The van der Waals surface area contributed by atoms with Gasteiger partial charge in [-0.3, -0.25) is 4.79 Å². The number of benzene rings is 2. The van der Waals surface area contributed by atoms with E-state index in [0.717, 1.165) is 0 Å². The lowest BCUT2D eigenvalue weighted by Gasteiger charge is -2.27. The Labute approximate surface area is 188 Å². The quantitative estimate of drug-likeness (QED) is 0.408.